The van der Waals surface area contributed by atoms with Crippen molar-refractivity contribution < 1.29 is 4.79 Å². The number of rotatable bonds is 1. The Hall–Kier alpha value is -2.05. The lowest BCUT2D eigenvalue weighted by Gasteiger charge is -2.14. The average molecular weight is 242 g/mol. The number of carbonyl (C=O) groups is 1. The zero-order chi connectivity index (χ0) is 12.7. The predicted molar refractivity (Wildman–Crippen MR) is 65.9 cm³/mol. The molecule has 2 aromatic rings. The number of nitrogens with one attached hydrogen (secondary N) is 1. The first-order valence-electron chi connectivity index (χ1n) is 5.76. The Morgan fingerprint density at radius 2 is 2.39 bits per heavy atom. The second-order valence-electron chi connectivity index (χ2n) is 4.45. The normalized spacial score (nSPS) is 19.6. The maximum atomic E-state index is 11.8. The lowest BCUT2D eigenvalue weighted by Crippen LogP contribution is -2.27. The van der Waals surface area contributed by atoms with Gasteiger partial charge in [-0.3, -0.25) is 14.7 Å². The quantitative estimate of drug-likeness (QED) is 0.721. The lowest BCUT2D eigenvalue weighted by atomic mass is 10.0. The summed E-state index contributed by atoms with van der Waals surface area (Å²) >= 11 is 0. The molecule has 1 N–H and O–H groups in total. The third-order valence-corrected chi connectivity index (χ3v) is 3.32. The fourth-order valence-electron chi connectivity index (χ4n) is 2.36. The monoisotopic (exact) mass is 242 g/mol. The summed E-state index contributed by atoms with van der Waals surface area (Å²) in [5.41, 5.74) is 1.18. The first-order valence-corrected chi connectivity index (χ1v) is 5.76. The van der Waals surface area contributed by atoms with E-state index in [1.165, 1.54) is 10.6 Å². The third kappa shape index (κ3) is 1.71. The van der Waals surface area contributed by atoms with Crippen LogP contribution < -0.4 is 5.56 Å². The van der Waals surface area contributed by atoms with Gasteiger partial charge in [0, 0.05) is 37.3 Å². The minimum Gasteiger partial charge on any atom is -0.352 e. The average Bonchev–Trinajstić information content (AvgIpc) is 2.97. The molecular formula is C11H11BN4O2. The zero-order valence-electron chi connectivity index (χ0n) is 9.67. The van der Waals surface area contributed by atoms with Crippen molar-refractivity contribution in [1.29, 1.82) is 0 Å². The van der Waals surface area contributed by atoms with Gasteiger partial charge in [-0.1, -0.05) is 0 Å². The first kappa shape index (κ1) is 11.1. The van der Waals surface area contributed by atoms with E-state index in [4.69, 9.17) is 7.85 Å². The molecule has 2 radical (unpaired) electrons. The van der Waals surface area contributed by atoms with Gasteiger partial charge in [-0.25, -0.2) is 9.50 Å². The summed E-state index contributed by atoms with van der Waals surface area (Å²) in [4.78, 5) is 28.9. The second kappa shape index (κ2) is 4.01. The van der Waals surface area contributed by atoms with E-state index < -0.39 is 5.81 Å². The largest absolute Gasteiger partial charge is 0.352 e. The van der Waals surface area contributed by atoms with Crippen LogP contribution in [-0.4, -0.2) is 46.2 Å². The SMILES string of the molecule is [B]C(=O)N1CCC(c2cc(=O)n3[nH]ccc3n2)C1. The summed E-state index contributed by atoms with van der Waals surface area (Å²) in [6, 6.07) is 3.25. The van der Waals surface area contributed by atoms with Crippen LogP contribution in [0.4, 0.5) is 4.79 Å². The predicted octanol–water partition coefficient (Wildman–Crippen LogP) is 0.100. The molecule has 1 fully saturated rings. The molecule has 6 nitrogen and oxygen atoms in total. The summed E-state index contributed by atoms with van der Waals surface area (Å²) in [6.45, 7) is 1.15. The highest BCUT2D eigenvalue weighted by Crippen LogP contribution is 2.25. The standard InChI is InChI=1S/C11H11BN4O2/c12-11(18)15-4-2-7(6-15)8-5-10(17)16-9(14-8)1-3-13-16/h1,3,5,7,13H,2,4,6H2. The van der Waals surface area contributed by atoms with Crippen molar-refractivity contribution in [1.82, 2.24) is 19.5 Å². The van der Waals surface area contributed by atoms with Crippen LogP contribution in [0, 0.1) is 0 Å². The summed E-state index contributed by atoms with van der Waals surface area (Å²) < 4.78 is 1.38. The van der Waals surface area contributed by atoms with E-state index in [-0.39, 0.29) is 11.5 Å². The van der Waals surface area contributed by atoms with Crippen molar-refractivity contribution >= 4 is 19.3 Å². The maximum Gasteiger partial charge on any atom is 0.272 e. The van der Waals surface area contributed by atoms with Crippen molar-refractivity contribution in [2.45, 2.75) is 12.3 Å². The van der Waals surface area contributed by atoms with Crippen LogP contribution in [-0.2, 0) is 0 Å². The molecule has 0 saturated carbocycles. The van der Waals surface area contributed by atoms with Gasteiger partial charge in [0.2, 0.25) is 7.85 Å². The van der Waals surface area contributed by atoms with Gasteiger partial charge >= 0.3 is 0 Å². The minimum atomic E-state index is -0.419. The molecule has 1 aliphatic rings. The number of aromatic amines is 1. The van der Waals surface area contributed by atoms with Crippen molar-refractivity contribution in [3.05, 3.63) is 34.4 Å². The fourth-order valence-corrected chi connectivity index (χ4v) is 2.36. The molecule has 0 bridgehead atoms. The Balaban J connectivity index is 1.96. The highest BCUT2D eigenvalue weighted by Gasteiger charge is 2.26. The number of H-pyrrole nitrogens is 1. The molecule has 7 heteroatoms. The zero-order valence-corrected chi connectivity index (χ0v) is 9.67. The highest BCUT2D eigenvalue weighted by atomic mass is 16.2. The van der Waals surface area contributed by atoms with Crippen LogP contribution in [0.5, 0.6) is 0 Å². The molecule has 3 heterocycles. The van der Waals surface area contributed by atoms with E-state index in [9.17, 15) is 9.59 Å². The van der Waals surface area contributed by atoms with Gasteiger partial charge in [-0.05, 0) is 6.42 Å². The van der Waals surface area contributed by atoms with Gasteiger partial charge in [-0.2, -0.15) is 0 Å². The van der Waals surface area contributed by atoms with Crippen molar-refractivity contribution in [2.24, 2.45) is 0 Å². The van der Waals surface area contributed by atoms with E-state index in [0.717, 1.165) is 12.1 Å². The second-order valence-corrected chi connectivity index (χ2v) is 4.45. The van der Waals surface area contributed by atoms with Crippen LogP contribution in [0.25, 0.3) is 5.65 Å². The van der Waals surface area contributed by atoms with Crippen LogP contribution >= 0.6 is 0 Å². The van der Waals surface area contributed by atoms with E-state index in [1.54, 1.807) is 17.2 Å². The van der Waals surface area contributed by atoms with Gasteiger partial charge < -0.3 is 4.90 Å². The molecule has 18 heavy (non-hydrogen) atoms. The smallest absolute Gasteiger partial charge is 0.272 e. The topological polar surface area (TPSA) is 70.5 Å². The Morgan fingerprint density at radius 3 is 3.11 bits per heavy atom. The summed E-state index contributed by atoms with van der Waals surface area (Å²) in [5.74, 6) is -0.331. The number of likely N-dealkylation sites (tertiary alicyclic amines) is 1. The van der Waals surface area contributed by atoms with Crippen LogP contribution in [0.3, 0.4) is 0 Å². The number of aromatic nitrogens is 3. The molecule has 90 valence electrons. The van der Waals surface area contributed by atoms with Crippen molar-refractivity contribution in [2.75, 3.05) is 13.1 Å². The van der Waals surface area contributed by atoms with Crippen LogP contribution in [0.15, 0.2) is 23.1 Å². The van der Waals surface area contributed by atoms with Crippen molar-refractivity contribution in [3.8, 4) is 0 Å². The van der Waals surface area contributed by atoms with E-state index >= 15 is 0 Å². The number of hydrogen-bond acceptors (Lipinski definition) is 3. The molecule has 1 aliphatic heterocycles. The van der Waals surface area contributed by atoms with E-state index in [0.29, 0.717) is 18.7 Å². The minimum absolute atomic E-state index is 0.0881. The Morgan fingerprint density at radius 1 is 1.56 bits per heavy atom. The van der Waals surface area contributed by atoms with Gasteiger partial charge in [0.15, 0.2) is 11.5 Å². The number of nitrogens with zero attached hydrogens (tertiary/aromatic N) is 3. The molecular weight excluding hydrogens is 231 g/mol. The molecule has 3 rings (SSSR count). The maximum absolute atomic E-state index is 11.8. The Labute approximate surface area is 104 Å². The first-order chi connectivity index (χ1) is 8.65. The molecule has 1 atom stereocenters. The highest BCUT2D eigenvalue weighted by molar-refractivity contribution is 6.56. The summed E-state index contributed by atoms with van der Waals surface area (Å²) in [6.07, 6.45) is 2.45. The molecule has 1 amide bonds. The summed E-state index contributed by atoms with van der Waals surface area (Å²) in [7, 11) is 5.24. The molecule has 1 saturated heterocycles. The van der Waals surface area contributed by atoms with Gasteiger partial charge in [0.1, 0.15) is 0 Å². The summed E-state index contributed by atoms with van der Waals surface area (Å²) in [5, 5.41) is 2.79. The molecule has 0 aliphatic carbocycles. The van der Waals surface area contributed by atoms with Crippen molar-refractivity contribution in [3.63, 3.8) is 0 Å². The van der Waals surface area contributed by atoms with Gasteiger partial charge in [0.25, 0.3) is 5.56 Å². The molecule has 0 spiro atoms. The molecule has 0 aromatic carbocycles. The molecule has 2 aromatic heterocycles. The number of carbonyl (C=O) groups excluding carboxylic acids is 1. The molecule has 1 unspecified atom stereocenters. The third-order valence-electron chi connectivity index (χ3n) is 3.32. The Bertz CT molecular complexity index is 662. The Kier molecular flexibility index (Phi) is 2.46. The number of amides is 1. The number of hydrogen-bond donors (Lipinski definition) is 1. The number of fused-ring (bicyclic) bond motifs is 1. The van der Waals surface area contributed by atoms with Crippen LogP contribution in [0.1, 0.15) is 18.0 Å². The van der Waals surface area contributed by atoms with Gasteiger partial charge in [0.05, 0.1) is 5.69 Å². The van der Waals surface area contributed by atoms with Crippen LogP contribution in [0.2, 0.25) is 0 Å². The lowest BCUT2D eigenvalue weighted by molar-refractivity contribution is 0.231. The van der Waals surface area contributed by atoms with E-state index in [2.05, 4.69) is 10.1 Å². The van der Waals surface area contributed by atoms with E-state index in [1.807, 2.05) is 0 Å². The fraction of sp³-hybridized carbons (Fsp3) is 0.364. The van der Waals surface area contributed by atoms with Gasteiger partial charge in [-0.15, -0.1) is 0 Å².